The molecule has 0 unspecified atom stereocenters. The monoisotopic (exact) mass is 293 g/mol. The molecule has 1 aromatic heterocycles. The van der Waals surface area contributed by atoms with Gasteiger partial charge in [-0.3, -0.25) is 4.79 Å². The molecule has 1 aromatic carbocycles. The smallest absolute Gasteiger partial charge is 0.196 e. The third-order valence-corrected chi connectivity index (χ3v) is 3.27. The standard InChI is InChI=1S/C13H12BrNO2/c1-7-5-10(8(2)17-7)13(16)9-3-4-11(14)12(15)6-9/h3-6H,15H2,1-2H3. The first kappa shape index (κ1) is 11.9. The van der Waals surface area contributed by atoms with Gasteiger partial charge in [-0.05, 0) is 54.0 Å². The zero-order chi connectivity index (χ0) is 12.6. The van der Waals surface area contributed by atoms with E-state index in [-0.39, 0.29) is 5.78 Å². The minimum Gasteiger partial charge on any atom is -0.466 e. The number of hydrogen-bond donors (Lipinski definition) is 1. The lowest BCUT2D eigenvalue weighted by molar-refractivity contribution is 0.103. The van der Waals surface area contributed by atoms with Crippen LogP contribution in [0.4, 0.5) is 5.69 Å². The molecular weight excluding hydrogens is 282 g/mol. The third kappa shape index (κ3) is 2.26. The van der Waals surface area contributed by atoms with E-state index >= 15 is 0 Å². The second kappa shape index (κ2) is 4.37. The highest BCUT2D eigenvalue weighted by atomic mass is 79.9. The van der Waals surface area contributed by atoms with Gasteiger partial charge < -0.3 is 10.2 Å². The van der Waals surface area contributed by atoms with Crippen molar-refractivity contribution in [3.05, 3.63) is 51.4 Å². The van der Waals surface area contributed by atoms with Gasteiger partial charge in [0.25, 0.3) is 0 Å². The van der Waals surface area contributed by atoms with Gasteiger partial charge in [0.05, 0.1) is 5.56 Å². The molecule has 0 aliphatic carbocycles. The van der Waals surface area contributed by atoms with Gasteiger partial charge in [-0.15, -0.1) is 0 Å². The molecule has 2 rings (SSSR count). The number of ketones is 1. The first-order valence-corrected chi connectivity index (χ1v) is 5.95. The van der Waals surface area contributed by atoms with Gasteiger partial charge >= 0.3 is 0 Å². The number of rotatable bonds is 2. The number of nitrogens with two attached hydrogens (primary N) is 1. The van der Waals surface area contributed by atoms with Gasteiger partial charge in [-0.2, -0.15) is 0 Å². The van der Waals surface area contributed by atoms with Crippen molar-refractivity contribution in [2.45, 2.75) is 13.8 Å². The Morgan fingerprint density at radius 1 is 1.29 bits per heavy atom. The van der Waals surface area contributed by atoms with Crippen molar-refractivity contribution in [1.29, 1.82) is 0 Å². The number of nitrogen functional groups attached to an aromatic ring is 1. The van der Waals surface area contributed by atoms with Crippen LogP contribution in [-0.2, 0) is 0 Å². The third-order valence-electron chi connectivity index (χ3n) is 2.54. The molecule has 17 heavy (non-hydrogen) atoms. The fourth-order valence-electron chi connectivity index (χ4n) is 1.70. The van der Waals surface area contributed by atoms with E-state index < -0.39 is 0 Å². The maximum Gasteiger partial charge on any atom is 0.196 e. The van der Waals surface area contributed by atoms with Crippen LogP contribution in [-0.4, -0.2) is 5.78 Å². The highest BCUT2D eigenvalue weighted by molar-refractivity contribution is 9.10. The summed E-state index contributed by atoms with van der Waals surface area (Å²) in [6, 6.07) is 6.92. The van der Waals surface area contributed by atoms with Gasteiger partial charge in [-0.1, -0.05) is 0 Å². The van der Waals surface area contributed by atoms with Gasteiger partial charge in [0.15, 0.2) is 5.78 Å². The highest BCUT2D eigenvalue weighted by Crippen LogP contribution is 2.23. The van der Waals surface area contributed by atoms with Crippen LogP contribution in [0.15, 0.2) is 33.2 Å². The lowest BCUT2D eigenvalue weighted by atomic mass is 10.0. The molecule has 4 heteroatoms. The van der Waals surface area contributed by atoms with E-state index in [2.05, 4.69) is 15.9 Å². The van der Waals surface area contributed by atoms with Crippen LogP contribution < -0.4 is 5.73 Å². The van der Waals surface area contributed by atoms with Crippen LogP contribution in [0.3, 0.4) is 0 Å². The van der Waals surface area contributed by atoms with E-state index in [9.17, 15) is 4.79 Å². The second-order valence-electron chi connectivity index (χ2n) is 3.89. The van der Waals surface area contributed by atoms with Crippen LogP contribution >= 0.6 is 15.9 Å². The quantitative estimate of drug-likeness (QED) is 0.681. The molecule has 0 fully saturated rings. The number of benzene rings is 1. The molecule has 2 aromatic rings. The van der Waals surface area contributed by atoms with E-state index in [0.29, 0.717) is 22.6 Å². The molecule has 0 aliphatic rings. The summed E-state index contributed by atoms with van der Waals surface area (Å²) in [4.78, 5) is 12.2. The predicted molar refractivity (Wildman–Crippen MR) is 70.2 cm³/mol. The van der Waals surface area contributed by atoms with Crippen LogP contribution in [0, 0.1) is 13.8 Å². The molecule has 3 nitrogen and oxygen atoms in total. The first-order valence-electron chi connectivity index (χ1n) is 5.16. The minimum atomic E-state index is -0.0708. The average Bonchev–Trinajstić information content (AvgIpc) is 2.61. The number of furan rings is 1. The van der Waals surface area contributed by atoms with Crippen molar-refractivity contribution < 1.29 is 9.21 Å². The Labute approximate surface area is 108 Å². The molecule has 0 bridgehead atoms. The number of halogens is 1. The summed E-state index contributed by atoms with van der Waals surface area (Å²) >= 11 is 3.30. The Hall–Kier alpha value is -1.55. The number of hydrogen-bond acceptors (Lipinski definition) is 3. The summed E-state index contributed by atoms with van der Waals surface area (Å²) in [7, 11) is 0. The molecule has 0 spiro atoms. The van der Waals surface area contributed by atoms with Crippen LogP contribution in [0.5, 0.6) is 0 Å². The van der Waals surface area contributed by atoms with E-state index in [4.69, 9.17) is 10.2 Å². The molecule has 0 amide bonds. The summed E-state index contributed by atoms with van der Waals surface area (Å²) in [6.07, 6.45) is 0. The SMILES string of the molecule is Cc1cc(C(=O)c2ccc(Br)c(N)c2)c(C)o1. The summed E-state index contributed by atoms with van der Waals surface area (Å²) in [5.74, 6) is 1.29. The van der Waals surface area contributed by atoms with Gasteiger partial charge in [0, 0.05) is 15.7 Å². The van der Waals surface area contributed by atoms with Crippen molar-refractivity contribution in [2.24, 2.45) is 0 Å². The van der Waals surface area contributed by atoms with E-state index in [0.717, 1.165) is 10.2 Å². The van der Waals surface area contributed by atoms with Crippen molar-refractivity contribution >= 4 is 27.4 Å². The molecule has 1 heterocycles. The maximum absolute atomic E-state index is 12.2. The first-order chi connectivity index (χ1) is 7.99. The van der Waals surface area contributed by atoms with Crippen molar-refractivity contribution in [2.75, 3.05) is 5.73 Å². The predicted octanol–water partition coefficient (Wildman–Crippen LogP) is 3.47. The molecule has 0 radical (unpaired) electrons. The van der Waals surface area contributed by atoms with E-state index in [1.54, 1.807) is 31.2 Å². The Morgan fingerprint density at radius 3 is 2.53 bits per heavy atom. The Balaban J connectivity index is 2.44. The summed E-state index contributed by atoms with van der Waals surface area (Å²) in [6.45, 7) is 3.60. The maximum atomic E-state index is 12.2. The minimum absolute atomic E-state index is 0.0708. The van der Waals surface area contributed by atoms with Crippen LogP contribution in [0.1, 0.15) is 27.4 Å². The zero-order valence-corrected chi connectivity index (χ0v) is 11.2. The largest absolute Gasteiger partial charge is 0.466 e. The number of carbonyl (C=O) groups excluding carboxylic acids is 1. The Bertz CT molecular complexity index is 587. The Kier molecular flexibility index (Phi) is 3.07. The molecule has 0 saturated heterocycles. The average molecular weight is 294 g/mol. The molecule has 0 aliphatic heterocycles. The zero-order valence-electron chi connectivity index (χ0n) is 9.58. The van der Waals surface area contributed by atoms with Crippen LogP contribution in [0.2, 0.25) is 0 Å². The van der Waals surface area contributed by atoms with Crippen molar-refractivity contribution in [3.8, 4) is 0 Å². The molecule has 2 N–H and O–H groups in total. The topological polar surface area (TPSA) is 56.2 Å². The lowest BCUT2D eigenvalue weighted by Gasteiger charge is -2.02. The number of aryl methyl sites for hydroxylation is 2. The summed E-state index contributed by atoms with van der Waals surface area (Å²) in [5, 5.41) is 0. The van der Waals surface area contributed by atoms with Gasteiger partial charge in [0.2, 0.25) is 0 Å². The molecule has 88 valence electrons. The van der Waals surface area contributed by atoms with Crippen molar-refractivity contribution in [1.82, 2.24) is 0 Å². The molecular formula is C13H12BrNO2. The second-order valence-corrected chi connectivity index (χ2v) is 4.75. The summed E-state index contributed by atoms with van der Waals surface area (Å²) in [5.41, 5.74) is 7.46. The number of anilines is 1. The van der Waals surface area contributed by atoms with Crippen LogP contribution in [0.25, 0.3) is 0 Å². The van der Waals surface area contributed by atoms with Crippen molar-refractivity contribution in [3.63, 3.8) is 0 Å². The van der Waals surface area contributed by atoms with Gasteiger partial charge in [0.1, 0.15) is 11.5 Å². The summed E-state index contributed by atoms with van der Waals surface area (Å²) < 4.78 is 6.14. The van der Waals surface area contributed by atoms with E-state index in [1.165, 1.54) is 0 Å². The molecule has 0 saturated carbocycles. The fraction of sp³-hybridized carbons (Fsp3) is 0.154. The number of carbonyl (C=O) groups is 1. The van der Waals surface area contributed by atoms with Gasteiger partial charge in [-0.25, -0.2) is 0 Å². The Morgan fingerprint density at radius 2 is 2.00 bits per heavy atom. The normalized spacial score (nSPS) is 10.5. The lowest BCUT2D eigenvalue weighted by Crippen LogP contribution is -2.02. The molecule has 0 atom stereocenters. The fourth-order valence-corrected chi connectivity index (χ4v) is 1.94. The van der Waals surface area contributed by atoms with E-state index in [1.807, 2.05) is 6.92 Å². The highest BCUT2D eigenvalue weighted by Gasteiger charge is 2.16.